The Morgan fingerprint density at radius 2 is 1.94 bits per heavy atom. The maximum Gasteiger partial charge on any atom is 0.389 e. The Bertz CT molecular complexity index is 1100. The highest BCUT2D eigenvalue weighted by molar-refractivity contribution is 5.70. The smallest absolute Gasteiger partial charge is 0.328 e. The molecule has 1 aromatic heterocycles. The van der Waals surface area contributed by atoms with Crippen molar-refractivity contribution in [3.63, 3.8) is 0 Å². The minimum atomic E-state index is -4.17. The lowest BCUT2D eigenvalue weighted by molar-refractivity contribution is -0.134. The summed E-state index contributed by atoms with van der Waals surface area (Å²) in [6.45, 7) is 5.36. The number of piperidine rings is 1. The van der Waals surface area contributed by atoms with Crippen LogP contribution in [0.1, 0.15) is 59.1 Å². The molecule has 2 aromatic rings. The van der Waals surface area contributed by atoms with Gasteiger partial charge in [0.05, 0.1) is 12.6 Å². The van der Waals surface area contributed by atoms with Crippen molar-refractivity contribution in [2.75, 3.05) is 27.2 Å². The second-order valence-corrected chi connectivity index (χ2v) is 9.78. The molecule has 0 amide bonds. The van der Waals surface area contributed by atoms with E-state index in [4.69, 9.17) is 0 Å². The first-order chi connectivity index (χ1) is 16.1. The van der Waals surface area contributed by atoms with E-state index in [9.17, 15) is 18.4 Å². The first kappa shape index (κ1) is 24.5. The highest BCUT2D eigenvalue weighted by Gasteiger charge is 2.30. The predicted octanol–water partition coefficient (Wildman–Crippen LogP) is 5.05. The minimum Gasteiger partial charge on any atom is -0.328 e. The average Bonchev–Trinajstić information content (AvgIpc) is 3.38. The van der Waals surface area contributed by atoms with E-state index in [0.717, 1.165) is 50.3 Å². The van der Waals surface area contributed by atoms with E-state index in [0.29, 0.717) is 12.2 Å². The van der Waals surface area contributed by atoms with Crippen molar-refractivity contribution >= 4 is 6.08 Å². The number of alkyl halides is 3. The van der Waals surface area contributed by atoms with Crippen LogP contribution in [0, 0.1) is 18.3 Å². The van der Waals surface area contributed by atoms with Crippen molar-refractivity contribution in [2.45, 2.75) is 64.3 Å². The molecule has 0 N–H and O–H groups in total. The summed E-state index contributed by atoms with van der Waals surface area (Å²) >= 11 is 0. The van der Waals surface area contributed by atoms with Crippen LogP contribution in [0.3, 0.4) is 0 Å². The van der Waals surface area contributed by atoms with Gasteiger partial charge < -0.3 is 9.47 Å². The topological polar surface area (TPSA) is 48.1 Å². The summed E-state index contributed by atoms with van der Waals surface area (Å²) in [6, 6.07) is 6.75. The molecule has 0 atom stereocenters. The fourth-order valence-corrected chi connectivity index (χ4v) is 5.17. The third kappa shape index (κ3) is 5.53. The summed E-state index contributed by atoms with van der Waals surface area (Å²) in [6.07, 6.45) is 1.11. The molecule has 182 valence electrons. The van der Waals surface area contributed by atoms with Crippen molar-refractivity contribution in [1.82, 2.24) is 19.4 Å². The van der Waals surface area contributed by atoms with Gasteiger partial charge in [0.1, 0.15) is 5.82 Å². The summed E-state index contributed by atoms with van der Waals surface area (Å²) in [5, 5.41) is 9.23. The van der Waals surface area contributed by atoms with Gasteiger partial charge in [0.25, 0.3) is 0 Å². The number of rotatable bonds is 7. The van der Waals surface area contributed by atoms with Crippen molar-refractivity contribution in [3.8, 4) is 6.07 Å². The highest BCUT2D eigenvalue weighted by Crippen LogP contribution is 2.32. The SMILES string of the molecule is Cc1c(CN2CCC(n3c(CCC(F)(F)F)cnc3CN(C)C)CC2)ccc2c1C=C(C#N)C2. The molecule has 34 heavy (non-hydrogen) atoms. The Labute approximate surface area is 199 Å². The van der Waals surface area contributed by atoms with Crippen LogP contribution in [-0.2, 0) is 25.9 Å². The number of hydrogen-bond donors (Lipinski definition) is 0. The average molecular weight is 472 g/mol. The molecule has 0 bridgehead atoms. The fraction of sp³-hybridized carbons (Fsp3) is 0.538. The van der Waals surface area contributed by atoms with Gasteiger partial charge in [-0.1, -0.05) is 12.1 Å². The molecule has 2 aliphatic rings. The number of nitrogens with zero attached hydrogens (tertiary/aromatic N) is 5. The van der Waals surface area contributed by atoms with Crippen LogP contribution in [0.5, 0.6) is 0 Å². The zero-order valence-corrected chi connectivity index (χ0v) is 20.1. The van der Waals surface area contributed by atoms with E-state index in [1.807, 2.05) is 25.1 Å². The van der Waals surface area contributed by atoms with E-state index in [-0.39, 0.29) is 12.5 Å². The predicted molar refractivity (Wildman–Crippen MR) is 126 cm³/mol. The number of aromatic nitrogens is 2. The fourth-order valence-electron chi connectivity index (χ4n) is 5.17. The number of imidazole rings is 1. The van der Waals surface area contributed by atoms with E-state index in [2.05, 4.69) is 39.6 Å². The third-order valence-corrected chi connectivity index (χ3v) is 6.95. The lowest BCUT2D eigenvalue weighted by Gasteiger charge is -2.35. The lowest BCUT2D eigenvalue weighted by Crippen LogP contribution is -2.35. The van der Waals surface area contributed by atoms with Crippen molar-refractivity contribution in [1.29, 1.82) is 5.26 Å². The number of allylic oxidation sites excluding steroid dienone is 1. The molecule has 0 unspecified atom stereocenters. The Morgan fingerprint density at radius 3 is 2.59 bits per heavy atom. The number of nitriles is 1. The van der Waals surface area contributed by atoms with Gasteiger partial charge in [-0.15, -0.1) is 0 Å². The summed E-state index contributed by atoms with van der Waals surface area (Å²) in [5.74, 6) is 0.843. The van der Waals surface area contributed by atoms with Gasteiger partial charge in [0.2, 0.25) is 0 Å². The second kappa shape index (κ2) is 9.93. The molecular weight excluding hydrogens is 439 g/mol. The third-order valence-electron chi connectivity index (χ3n) is 6.95. The standard InChI is InChI=1S/C26H32F3N5/c1-18-21(5-4-20-12-19(14-30)13-24(18)20)16-33-10-7-22(8-11-33)34-23(6-9-26(27,28)29)15-31-25(34)17-32(2)3/h4-5,13,15,22H,6-12,16-17H2,1-3H3. The molecule has 1 fully saturated rings. The highest BCUT2D eigenvalue weighted by atomic mass is 19.4. The number of fused-ring (bicyclic) bond motifs is 1. The molecule has 8 heteroatoms. The molecule has 1 aliphatic carbocycles. The van der Waals surface area contributed by atoms with Gasteiger partial charge in [0.15, 0.2) is 0 Å². The summed E-state index contributed by atoms with van der Waals surface area (Å²) in [4.78, 5) is 8.92. The van der Waals surface area contributed by atoms with Gasteiger partial charge >= 0.3 is 6.18 Å². The second-order valence-electron chi connectivity index (χ2n) is 9.78. The van der Waals surface area contributed by atoms with Crippen LogP contribution in [0.25, 0.3) is 6.08 Å². The number of likely N-dealkylation sites (tertiary alicyclic amines) is 1. The maximum atomic E-state index is 12.9. The summed E-state index contributed by atoms with van der Waals surface area (Å²) in [7, 11) is 3.90. The zero-order valence-electron chi connectivity index (χ0n) is 20.1. The van der Waals surface area contributed by atoms with Crippen LogP contribution in [0.15, 0.2) is 23.9 Å². The molecular formula is C26H32F3N5. The number of benzene rings is 1. The molecule has 2 heterocycles. The molecule has 1 aromatic carbocycles. The Hall–Kier alpha value is -2.63. The first-order valence-electron chi connectivity index (χ1n) is 11.9. The van der Waals surface area contributed by atoms with Crippen LogP contribution in [-0.4, -0.2) is 52.7 Å². The van der Waals surface area contributed by atoms with Crippen LogP contribution in [0.4, 0.5) is 13.2 Å². The maximum absolute atomic E-state index is 12.9. The number of halogens is 3. The largest absolute Gasteiger partial charge is 0.389 e. The zero-order chi connectivity index (χ0) is 24.5. The van der Waals surface area contributed by atoms with Gasteiger partial charge in [-0.3, -0.25) is 4.90 Å². The van der Waals surface area contributed by atoms with Gasteiger partial charge in [-0.05, 0) is 68.6 Å². The Morgan fingerprint density at radius 1 is 1.21 bits per heavy atom. The quantitative estimate of drug-likeness (QED) is 0.567. The van der Waals surface area contributed by atoms with Crippen LogP contribution >= 0.6 is 0 Å². The van der Waals surface area contributed by atoms with Crippen LogP contribution < -0.4 is 0 Å². The van der Waals surface area contributed by atoms with Gasteiger partial charge in [-0.25, -0.2) is 4.98 Å². The van der Waals surface area contributed by atoms with E-state index < -0.39 is 12.6 Å². The molecule has 5 nitrogen and oxygen atoms in total. The molecule has 4 rings (SSSR count). The van der Waals surface area contributed by atoms with Gasteiger partial charge in [0, 0.05) is 56.0 Å². The summed E-state index contributed by atoms with van der Waals surface area (Å²) in [5.41, 5.74) is 6.41. The first-order valence-corrected chi connectivity index (χ1v) is 11.9. The van der Waals surface area contributed by atoms with E-state index in [1.54, 1.807) is 6.20 Å². The monoisotopic (exact) mass is 471 g/mol. The van der Waals surface area contributed by atoms with E-state index >= 15 is 0 Å². The Kier molecular flexibility index (Phi) is 7.15. The molecule has 0 spiro atoms. The lowest BCUT2D eigenvalue weighted by atomic mass is 9.97. The van der Waals surface area contributed by atoms with Crippen molar-refractivity contribution in [3.05, 3.63) is 57.7 Å². The van der Waals surface area contributed by atoms with Crippen molar-refractivity contribution in [2.24, 2.45) is 0 Å². The van der Waals surface area contributed by atoms with Gasteiger partial charge in [-0.2, -0.15) is 18.4 Å². The number of hydrogen-bond acceptors (Lipinski definition) is 4. The molecule has 0 saturated carbocycles. The molecule has 1 saturated heterocycles. The molecule has 1 aliphatic heterocycles. The normalized spacial score (nSPS) is 17.2. The van der Waals surface area contributed by atoms with Crippen molar-refractivity contribution < 1.29 is 13.2 Å². The number of aryl methyl sites for hydroxylation is 1. The Balaban J connectivity index is 1.45. The molecule has 0 radical (unpaired) electrons. The van der Waals surface area contributed by atoms with E-state index in [1.165, 1.54) is 22.3 Å². The minimum absolute atomic E-state index is 0.0311. The summed E-state index contributed by atoms with van der Waals surface area (Å²) < 4.78 is 40.7. The van der Waals surface area contributed by atoms with Crippen LogP contribution in [0.2, 0.25) is 0 Å².